The van der Waals surface area contributed by atoms with Gasteiger partial charge in [-0.25, -0.2) is 14.2 Å². The number of fused-ring (bicyclic) bond motifs is 3. The summed E-state index contributed by atoms with van der Waals surface area (Å²) >= 11 is 0. The van der Waals surface area contributed by atoms with Crippen LogP contribution in [0.15, 0.2) is 78.4 Å². The second kappa shape index (κ2) is 8.43. The molecular formula is C26H22FN3O3. The average molecular weight is 443 g/mol. The molecule has 1 aromatic heterocycles. The van der Waals surface area contributed by atoms with Crippen LogP contribution in [0.2, 0.25) is 0 Å². The van der Waals surface area contributed by atoms with Crippen molar-refractivity contribution >= 4 is 28.6 Å². The Morgan fingerprint density at radius 2 is 1.79 bits per heavy atom. The Hall–Kier alpha value is -4.13. The number of esters is 1. The van der Waals surface area contributed by atoms with E-state index in [1.807, 2.05) is 53.1 Å². The minimum absolute atomic E-state index is 0.194. The zero-order chi connectivity index (χ0) is 22.9. The van der Waals surface area contributed by atoms with E-state index in [4.69, 9.17) is 14.5 Å². The van der Waals surface area contributed by atoms with E-state index < -0.39 is 17.8 Å². The van der Waals surface area contributed by atoms with E-state index >= 15 is 4.39 Å². The molecule has 33 heavy (non-hydrogen) atoms. The number of methoxy groups -OCH3 is 1. The van der Waals surface area contributed by atoms with Gasteiger partial charge in [0.15, 0.2) is 0 Å². The normalized spacial score (nSPS) is 15.2. The Bertz CT molecular complexity index is 1380. The van der Waals surface area contributed by atoms with Crippen LogP contribution in [-0.4, -0.2) is 29.2 Å². The fourth-order valence-electron chi connectivity index (χ4n) is 4.24. The summed E-state index contributed by atoms with van der Waals surface area (Å²) in [5, 5.41) is 3.32. The lowest BCUT2D eigenvalue weighted by atomic mass is 9.92. The molecule has 0 saturated heterocycles. The van der Waals surface area contributed by atoms with Gasteiger partial charge in [0.25, 0.3) is 0 Å². The van der Waals surface area contributed by atoms with Gasteiger partial charge in [-0.05, 0) is 55.0 Å². The Morgan fingerprint density at radius 1 is 1.06 bits per heavy atom. The number of anilines is 1. The Kier molecular flexibility index (Phi) is 5.30. The number of halogens is 1. The molecule has 1 N–H and O–H groups in total. The van der Waals surface area contributed by atoms with Crippen LogP contribution in [0.5, 0.6) is 5.75 Å². The van der Waals surface area contributed by atoms with Gasteiger partial charge >= 0.3 is 5.97 Å². The number of nitrogens with zero attached hydrogens (tertiary/aromatic N) is 2. The second-order valence-corrected chi connectivity index (χ2v) is 7.58. The first kappa shape index (κ1) is 20.8. The molecule has 0 aliphatic carbocycles. The molecule has 3 aromatic carbocycles. The van der Waals surface area contributed by atoms with Crippen molar-refractivity contribution in [3.05, 3.63) is 95.3 Å². The van der Waals surface area contributed by atoms with Crippen molar-refractivity contribution in [3.8, 4) is 5.75 Å². The molecule has 2 heterocycles. The summed E-state index contributed by atoms with van der Waals surface area (Å²) < 4.78 is 27.8. The van der Waals surface area contributed by atoms with Crippen molar-refractivity contribution in [3.63, 3.8) is 0 Å². The van der Waals surface area contributed by atoms with Crippen molar-refractivity contribution in [1.29, 1.82) is 0 Å². The second-order valence-electron chi connectivity index (χ2n) is 7.58. The van der Waals surface area contributed by atoms with Gasteiger partial charge in [0, 0.05) is 5.56 Å². The Balaban J connectivity index is 1.83. The highest BCUT2D eigenvalue weighted by molar-refractivity contribution is 6.03. The lowest BCUT2D eigenvalue weighted by Crippen LogP contribution is -2.29. The molecule has 1 atom stereocenters. The topological polar surface area (TPSA) is 65.4 Å². The number of hydrogen-bond donors (Lipinski definition) is 1. The molecule has 1 aliphatic rings. The number of imidazole rings is 1. The molecule has 0 saturated carbocycles. The van der Waals surface area contributed by atoms with E-state index in [1.165, 1.54) is 6.07 Å². The monoisotopic (exact) mass is 443 g/mol. The highest BCUT2D eigenvalue weighted by atomic mass is 19.1. The average Bonchev–Trinajstić information content (AvgIpc) is 3.22. The molecular weight excluding hydrogens is 421 g/mol. The summed E-state index contributed by atoms with van der Waals surface area (Å²) in [6, 6.07) is 20.6. The number of carbonyl (C=O) groups is 1. The van der Waals surface area contributed by atoms with Crippen LogP contribution in [0, 0.1) is 5.82 Å². The number of ether oxygens (including phenoxy) is 2. The smallest absolute Gasteiger partial charge is 0.338 e. The number of benzene rings is 3. The van der Waals surface area contributed by atoms with Crippen molar-refractivity contribution in [2.75, 3.05) is 19.0 Å². The maximum absolute atomic E-state index is 15.2. The van der Waals surface area contributed by atoms with Gasteiger partial charge in [0.1, 0.15) is 11.6 Å². The van der Waals surface area contributed by atoms with Crippen LogP contribution in [0.1, 0.15) is 24.1 Å². The molecule has 0 unspecified atom stereocenters. The fourth-order valence-corrected chi connectivity index (χ4v) is 4.24. The molecule has 166 valence electrons. The quantitative estimate of drug-likeness (QED) is 0.431. The van der Waals surface area contributed by atoms with Crippen molar-refractivity contribution in [1.82, 2.24) is 9.55 Å². The van der Waals surface area contributed by atoms with E-state index in [9.17, 15) is 4.79 Å². The maximum Gasteiger partial charge on any atom is 0.338 e. The van der Waals surface area contributed by atoms with Gasteiger partial charge in [0.05, 0.1) is 42.1 Å². The third-order valence-corrected chi connectivity index (χ3v) is 5.71. The standard InChI is InChI=1S/C26H22FN3O3/c1-3-33-25(31)22-23(16-12-14-17(32-2)15-13-16)29-26-28-20-10-6-7-11-21(20)30(26)24(22)18-8-4-5-9-19(18)27/h4-15,24H,3H2,1-2H3,(H,28,29)/t24-/m1/s1. The third-order valence-electron chi connectivity index (χ3n) is 5.71. The molecule has 0 bridgehead atoms. The van der Waals surface area contributed by atoms with Gasteiger partial charge < -0.3 is 14.8 Å². The number of nitrogens with one attached hydrogen (secondary N) is 1. The largest absolute Gasteiger partial charge is 0.497 e. The molecule has 7 heteroatoms. The van der Waals surface area contributed by atoms with Crippen LogP contribution in [0.25, 0.3) is 16.7 Å². The van der Waals surface area contributed by atoms with Gasteiger partial charge in [-0.15, -0.1) is 0 Å². The SMILES string of the molecule is CCOC(=O)C1=C(c2ccc(OC)cc2)Nc2nc3ccccc3n2[C@@H]1c1ccccc1F. The van der Waals surface area contributed by atoms with E-state index in [0.29, 0.717) is 28.5 Å². The molecule has 5 rings (SSSR count). The predicted octanol–water partition coefficient (Wildman–Crippen LogP) is 5.17. The van der Waals surface area contributed by atoms with E-state index in [-0.39, 0.29) is 6.61 Å². The molecule has 0 amide bonds. The Morgan fingerprint density at radius 3 is 2.52 bits per heavy atom. The number of hydrogen-bond acceptors (Lipinski definition) is 5. The van der Waals surface area contributed by atoms with Crippen LogP contribution < -0.4 is 10.1 Å². The predicted molar refractivity (Wildman–Crippen MR) is 124 cm³/mol. The number of carbonyl (C=O) groups excluding carboxylic acids is 1. The highest BCUT2D eigenvalue weighted by Gasteiger charge is 2.37. The Labute approximate surface area is 190 Å². The number of aromatic nitrogens is 2. The minimum Gasteiger partial charge on any atom is -0.497 e. The van der Waals surface area contributed by atoms with Crippen LogP contribution in [0.4, 0.5) is 10.3 Å². The minimum atomic E-state index is -0.772. The van der Waals surface area contributed by atoms with E-state index in [0.717, 1.165) is 16.6 Å². The summed E-state index contributed by atoms with van der Waals surface area (Å²) in [6.45, 7) is 1.94. The molecule has 0 spiro atoms. The van der Waals surface area contributed by atoms with Crippen LogP contribution in [-0.2, 0) is 9.53 Å². The first-order valence-electron chi connectivity index (χ1n) is 10.7. The first-order chi connectivity index (χ1) is 16.1. The summed E-state index contributed by atoms with van der Waals surface area (Å²) in [5.74, 6) is 0.269. The summed E-state index contributed by atoms with van der Waals surface area (Å²) in [6.07, 6.45) is 0. The van der Waals surface area contributed by atoms with Crippen LogP contribution in [0.3, 0.4) is 0 Å². The zero-order valence-corrected chi connectivity index (χ0v) is 18.2. The summed E-state index contributed by atoms with van der Waals surface area (Å²) in [4.78, 5) is 18.1. The molecule has 0 radical (unpaired) electrons. The van der Waals surface area contributed by atoms with E-state index in [2.05, 4.69) is 5.32 Å². The first-order valence-corrected chi connectivity index (χ1v) is 10.7. The fraction of sp³-hybridized carbons (Fsp3) is 0.154. The van der Waals surface area contributed by atoms with Crippen molar-refractivity contribution in [2.24, 2.45) is 0 Å². The number of rotatable bonds is 5. The molecule has 6 nitrogen and oxygen atoms in total. The number of para-hydroxylation sites is 2. The summed E-state index contributed by atoms with van der Waals surface area (Å²) in [5.41, 5.74) is 3.44. The summed E-state index contributed by atoms with van der Waals surface area (Å²) in [7, 11) is 1.59. The van der Waals surface area contributed by atoms with Gasteiger partial charge in [-0.1, -0.05) is 30.3 Å². The molecule has 4 aromatic rings. The van der Waals surface area contributed by atoms with Gasteiger partial charge in [-0.2, -0.15) is 0 Å². The maximum atomic E-state index is 15.2. The lowest BCUT2D eigenvalue weighted by molar-refractivity contribution is -0.138. The highest BCUT2D eigenvalue weighted by Crippen LogP contribution is 2.43. The lowest BCUT2D eigenvalue weighted by Gasteiger charge is -2.31. The van der Waals surface area contributed by atoms with Gasteiger partial charge in [-0.3, -0.25) is 4.57 Å². The van der Waals surface area contributed by atoms with Crippen molar-refractivity contribution in [2.45, 2.75) is 13.0 Å². The van der Waals surface area contributed by atoms with Crippen molar-refractivity contribution < 1.29 is 18.7 Å². The van der Waals surface area contributed by atoms with E-state index in [1.54, 1.807) is 32.2 Å². The third kappa shape index (κ3) is 3.51. The molecule has 0 fully saturated rings. The van der Waals surface area contributed by atoms with Gasteiger partial charge in [0.2, 0.25) is 5.95 Å². The van der Waals surface area contributed by atoms with Crippen LogP contribution >= 0.6 is 0 Å². The molecule has 1 aliphatic heterocycles. The zero-order valence-electron chi connectivity index (χ0n) is 18.2.